The van der Waals surface area contributed by atoms with Crippen molar-refractivity contribution in [1.29, 1.82) is 5.26 Å². The van der Waals surface area contributed by atoms with Crippen molar-refractivity contribution in [1.82, 2.24) is 5.32 Å². The maximum Gasteiger partial charge on any atom is 0.349 e. The first-order chi connectivity index (χ1) is 13.8. The number of benzene rings is 2. The molecule has 0 aliphatic carbocycles. The number of amides is 1. The maximum absolute atomic E-state index is 12.1. The van der Waals surface area contributed by atoms with E-state index < -0.39 is 18.5 Å². The van der Waals surface area contributed by atoms with Crippen LogP contribution in [-0.4, -0.2) is 18.5 Å². The summed E-state index contributed by atoms with van der Waals surface area (Å²) in [5, 5.41) is 12.5. The van der Waals surface area contributed by atoms with E-state index in [-0.39, 0.29) is 11.6 Å². The molecule has 0 aromatic heterocycles. The van der Waals surface area contributed by atoms with Crippen LogP contribution in [0.4, 0.5) is 0 Å². The summed E-state index contributed by atoms with van der Waals surface area (Å²) in [4.78, 5) is 24.2. The molecule has 0 saturated carbocycles. The number of hydrogen-bond donors (Lipinski definition) is 1. The van der Waals surface area contributed by atoms with Crippen molar-refractivity contribution in [2.75, 3.05) is 6.61 Å². The van der Waals surface area contributed by atoms with Gasteiger partial charge in [-0.05, 0) is 47.7 Å². The summed E-state index contributed by atoms with van der Waals surface area (Å²) in [6.07, 6.45) is 1.44. The highest BCUT2D eigenvalue weighted by Gasteiger charge is 2.15. The molecule has 0 radical (unpaired) electrons. The average molecular weight is 411 g/mol. The Balaban J connectivity index is 1.93. The van der Waals surface area contributed by atoms with Crippen LogP contribution in [0.1, 0.15) is 49.4 Å². The minimum atomic E-state index is -0.842. The van der Waals surface area contributed by atoms with Crippen molar-refractivity contribution < 1.29 is 14.3 Å². The molecule has 29 heavy (non-hydrogen) atoms. The monoisotopic (exact) mass is 410 g/mol. The van der Waals surface area contributed by atoms with Gasteiger partial charge in [-0.15, -0.1) is 0 Å². The van der Waals surface area contributed by atoms with Gasteiger partial charge in [0.2, 0.25) is 0 Å². The number of nitriles is 1. The molecule has 0 spiro atoms. The number of carbonyl (C=O) groups excluding carboxylic acids is 2. The van der Waals surface area contributed by atoms with E-state index in [1.807, 2.05) is 36.4 Å². The second kappa shape index (κ2) is 10.4. The van der Waals surface area contributed by atoms with Crippen molar-refractivity contribution in [3.05, 3.63) is 75.8 Å². The Morgan fingerprint density at radius 3 is 2.41 bits per heavy atom. The zero-order chi connectivity index (χ0) is 21.4. The number of carbonyl (C=O) groups is 2. The molecule has 2 aromatic carbocycles. The third-order valence-electron chi connectivity index (χ3n) is 4.32. The minimum absolute atomic E-state index is 0.169. The minimum Gasteiger partial charge on any atom is -0.451 e. The van der Waals surface area contributed by atoms with Crippen LogP contribution in [0.2, 0.25) is 5.02 Å². The van der Waals surface area contributed by atoms with Crippen LogP contribution in [0.5, 0.6) is 0 Å². The van der Waals surface area contributed by atoms with E-state index in [0.717, 1.165) is 11.1 Å². The summed E-state index contributed by atoms with van der Waals surface area (Å²) in [6, 6.07) is 16.2. The first kappa shape index (κ1) is 22.2. The van der Waals surface area contributed by atoms with Gasteiger partial charge in [0.25, 0.3) is 5.91 Å². The second-order valence-corrected chi connectivity index (χ2v) is 7.35. The molecule has 0 heterocycles. The summed E-state index contributed by atoms with van der Waals surface area (Å²) >= 11 is 5.95. The van der Waals surface area contributed by atoms with Gasteiger partial charge in [0.05, 0.1) is 6.04 Å². The molecular weight excluding hydrogens is 388 g/mol. The standard InChI is InChI=1S/C23H23ClN2O3/c1-15(2)18-9-7-17(8-10-18)11-20(13-25)23(28)29-14-22(27)26-16(3)19-5-4-6-21(24)12-19/h4-12,15-16H,14H2,1-3H3,(H,26,27)/b20-11+/t16-/m1/s1. The van der Waals surface area contributed by atoms with Gasteiger partial charge in [0.15, 0.2) is 6.61 Å². The smallest absolute Gasteiger partial charge is 0.349 e. The number of rotatable bonds is 7. The molecule has 0 unspecified atom stereocenters. The topological polar surface area (TPSA) is 79.2 Å². The van der Waals surface area contributed by atoms with Gasteiger partial charge in [0, 0.05) is 5.02 Å². The molecule has 5 nitrogen and oxygen atoms in total. The summed E-state index contributed by atoms with van der Waals surface area (Å²) in [7, 11) is 0. The molecule has 1 N–H and O–H groups in total. The Kier molecular flexibility index (Phi) is 7.99. The Bertz CT molecular complexity index is 943. The van der Waals surface area contributed by atoms with Gasteiger partial charge >= 0.3 is 5.97 Å². The number of ether oxygens (including phenoxy) is 1. The van der Waals surface area contributed by atoms with Crippen molar-refractivity contribution in [2.45, 2.75) is 32.7 Å². The zero-order valence-corrected chi connectivity index (χ0v) is 17.4. The summed E-state index contributed by atoms with van der Waals surface area (Å²) in [6.45, 7) is 5.49. The van der Waals surface area contributed by atoms with Crippen molar-refractivity contribution in [3.8, 4) is 6.07 Å². The van der Waals surface area contributed by atoms with Gasteiger partial charge in [-0.25, -0.2) is 4.79 Å². The largest absolute Gasteiger partial charge is 0.451 e. The van der Waals surface area contributed by atoms with Crippen LogP contribution in [0.25, 0.3) is 6.08 Å². The van der Waals surface area contributed by atoms with E-state index in [2.05, 4.69) is 19.2 Å². The quantitative estimate of drug-likeness (QED) is 0.404. The average Bonchev–Trinajstić information content (AvgIpc) is 2.70. The summed E-state index contributed by atoms with van der Waals surface area (Å²) < 4.78 is 4.98. The highest BCUT2D eigenvalue weighted by atomic mass is 35.5. The molecule has 1 amide bonds. The third kappa shape index (κ3) is 6.78. The fourth-order valence-electron chi connectivity index (χ4n) is 2.63. The fraction of sp³-hybridized carbons (Fsp3) is 0.261. The van der Waals surface area contributed by atoms with Crippen LogP contribution in [0, 0.1) is 11.3 Å². The number of halogens is 1. The van der Waals surface area contributed by atoms with E-state index in [9.17, 15) is 14.9 Å². The van der Waals surface area contributed by atoms with Gasteiger partial charge in [-0.3, -0.25) is 4.79 Å². The lowest BCUT2D eigenvalue weighted by Crippen LogP contribution is -2.31. The van der Waals surface area contributed by atoms with Crippen LogP contribution in [0.15, 0.2) is 54.1 Å². The van der Waals surface area contributed by atoms with Crippen LogP contribution < -0.4 is 5.32 Å². The van der Waals surface area contributed by atoms with Crippen molar-refractivity contribution >= 4 is 29.6 Å². The van der Waals surface area contributed by atoms with Crippen molar-refractivity contribution in [2.24, 2.45) is 0 Å². The van der Waals surface area contributed by atoms with Crippen LogP contribution >= 0.6 is 11.6 Å². The number of hydrogen-bond acceptors (Lipinski definition) is 4. The van der Waals surface area contributed by atoms with E-state index >= 15 is 0 Å². The van der Waals surface area contributed by atoms with Gasteiger partial charge in [-0.1, -0.05) is 61.8 Å². The molecule has 6 heteroatoms. The fourth-order valence-corrected chi connectivity index (χ4v) is 2.83. The zero-order valence-electron chi connectivity index (χ0n) is 16.6. The Hall–Kier alpha value is -3.10. The molecule has 0 saturated heterocycles. The number of nitrogens with zero attached hydrogens (tertiary/aromatic N) is 1. The van der Waals surface area contributed by atoms with E-state index in [4.69, 9.17) is 16.3 Å². The molecule has 0 aliphatic heterocycles. The predicted octanol–water partition coefficient (Wildman–Crippen LogP) is 4.79. The summed E-state index contributed by atoms with van der Waals surface area (Å²) in [5.74, 6) is -0.920. The highest BCUT2D eigenvalue weighted by molar-refractivity contribution is 6.30. The van der Waals surface area contributed by atoms with Gasteiger partial charge in [-0.2, -0.15) is 5.26 Å². The molecule has 2 rings (SSSR count). The molecule has 0 aliphatic rings. The van der Waals surface area contributed by atoms with E-state index in [1.54, 1.807) is 25.1 Å². The predicted molar refractivity (Wildman–Crippen MR) is 113 cm³/mol. The normalized spacial score (nSPS) is 12.2. The van der Waals surface area contributed by atoms with E-state index in [1.165, 1.54) is 6.08 Å². The van der Waals surface area contributed by atoms with Gasteiger partial charge < -0.3 is 10.1 Å². The lowest BCUT2D eigenvalue weighted by atomic mass is 10.0. The summed E-state index contributed by atoms with van der Waals surface area (Å²) in [5.41, 5.74) is 2.54. The first-order valence-electron chi connectivity index (χ1n) is 9.24. The molecule has 2 aromatic rings. The Morgan fingerprint density at radius 1 is 1.14 bits per heavy atom. The van der Waals surface area contributed by atoms with E-state index in [0.29, 0.717) is 16.5 Å². The Morgan fingerprint density at radius 2 is 1.83 bits per heavy atom. The number of esters is 1. The molecule has 150 valence electrons. The van der Waals surface area contributed by atoms with Crippen LogP contribution in [-0.2, 0) is 14.3 Å². The third-order valence-corrected chi connectivity index (χ3v) is 4.55. The van der Waals surface area contributed by atoms with Crippen molar-refractivity contribution in [3.63, 3.8) is 0 Å². The molecule has 0 bridgehead atoms. The lowest BCUT2D eigenvalue weighted by Gasteiger charge is -2.14. The molecular formula is C23H23ClN2O3. The lowest BCUT2D eigenvalue weighted by molar-refractivity contribution is -0.144. The molecule has 1 atom stereocenters. The molecule has 0 fully saturated rings. The Labute approximate surface area is 175 Å². The highest BCUT2D eigenvalue weighted by Crippen LogP contribution is 2.18. The van der Waals surface area contributed by atoms with Crippen LogP contribution in [0.3, 0.4) is 0 Å². The maximum atomic E-state index is 12.1. The second-order valence-electron chi connectivity index (χ2n) is 6.91. The van der Waals surface area contributed by atoms with Gasteiger partial charge in [0.1, 0.15) is 11.6 Å². The number of nitrogens with one attached hydrogen (secondary N) is 1. The SMILES string of the molecule is CC(C)c1ccc(/C=C(\C#N)C(=O)OCC(=O)N[C@H](C)c2cccc(Cl)c2)cc1. The first-order valence-corrected chi connectivity index (χ1v) is 9.61.